The standard InChI is InChI=1S/C18H27NO2/c1-5-19(13-17(2,3)21)16(20)18(4)12-8-10-14-9-6-7-11-15(14)18/h6-7,9,11,21H,5,8,10,12-13H2,1-4H3. The van der Waals surface area contributed by atoms with Crippen LogP contribution < -0.4 is 0 Å². The molecule has 0 saturated carbocycles. The number of rotatable bonds is 4. The van der Waals surface area contributed by atoms with Gasteiger partial charge in [0, 0.05) is 13.1 Å². The van der Waals surface area contributed by atoms with Crippen molar-refractivity contribution in [2.24, 2.45) is 0 Å². The molecule has 1 N–H and O–H groups in total. The first-order valence-corrected chi connectivity index (χ1v) is 7.88. The van der Waals surface area contributed by atoms with Gasteiger partial charge in [-0.3, -0.25) is 4.79 Å². The summed E-state index contributed by atoms with van der Waals surface area (Å²) in [6, 6.07) is 8.28. The average Bonchev–Trinajstić information content (AvgIpc) is 2.43. The van der Waals surface area contributed by atoms with E-state index in [0.717, 1.165) is 24.8 Å². The molecular formula is C18H27NO2. The highest BCUT2D eigenvalue weighted by atomic mass is 16.3. The van der Waals surface area contributed by atoms with Gasteiger partial charge in [0.05, 0.1) is 11.0 Å². The molecule has 21 heavy (non-hydrogen) atoms. The maximum Gasteiger partial charge on any atom is 0.233 e. The topological polar surface area (TPSA) is 40.5 Å². The van der Waals surface area contributed by atoms with Gasteiger partial charge in [0.1, 0.15) is 0 Å². The number of benzene rings is 1. The van der Waals surface area contributed by atoms with Crippen molar-refractivity contribution in [1.82, 2.24) is 4.90 Å². The molecule has 1 aliphatic carbocycles. The Labute approximate surface area is 128 Å². The zero-order valence-electron chi connectivity index (χ0n) is 13.6. The Morgan fingerprint density at radius 1 is 1.38 bits per heavy atom. The predicted octanol–water partition coefficient (Wildman–Crippen LogP) is 2.90. The van der Waals surface area contributed by atoms with E-state index in [9.17, 15) is 9.90 Å². The van der Waals surface area contributed by atoms with Crippen molar-refractivity contribution < 1.29 is 9.90 Å². The molecule has 116 valence electrons. The molecule has 1 aromatic carbocycles. The maximum absolute atomic E-state index is 13.1. The van der Waals surface area contributed by atoms with E-state index in [4.69, 9.17) is 0 Å². The first-order chi connectivity index (χ1) is 9.78. The van der Waals surface area contributed by atoms with Crippen LogP contribution in [0.2, 0.25) is 0 Å². The Morgan fingerprint density at radius 2 is 2.05 bits per heavy atom. The number of nitrogens with zero attached hydrogens (tertiary/aromatic N) is 1. The van der Waals surface area contributed by atoms with E-state index < -0.39 is 11.0 Å². The van der Waals surface area contributed by atoms with E-state index in [1.54, 1.807) is 18.7 Å². The van der Waals surface area contributed by atoms with Gasteiger partial charge >= 0.3 is 0 Å². The van der Waals surface area contributed by atoms with Crippen LogP contribution in [0.3, 0.4) is 0 Å². The van der Waals surface area contributed by atoms with Crippen LogP contribution in [0.15, 0.2) is 24.3 Å². The minimum Gasteiger partial charge on any atom is -0.389 e. The van der Waals surface area contributed by atoms with Crippen LogP contribution in [0.25, 0.3) is 0 Å². The van der Waals surface area contributed by atoms with E-state index in [0.29, 0.717) is 13.1 Å². The van der Waals surface area contributed by atoms with Crippen molar-refractivity contribution in [2.75, 3.05) is 13.1 Å². The summed E-state index contributed by atoms with van der Waals surface area (Å²) in [4.78, 5) is 14.9. The number of aryl methyl sites for hydroxylation is 1. The summed E-state index contributed by atoms with van der Waals surface area (Å²) >= 11 is 0. The molecule has 3 heteroatoms. The number of likely N-dealkylation sites (N-methyl/N-ethyl adjacent to an activating group) is 1. The lowest BCUT2D eigenvalue weighted by atomic mass is 9.70. The van der Waals surface area contributed by atoms with E-state index in [1.807, 2.05) is 19.1 Å². The van der Waals surface area contributed by atoms with Crippen molar-refractivity contribution in [3.8, 4) is 0 Å². The molecule has 0 aromatic heterocycles. The smallest absolute Gasteiger partial charge is 0.233 e. The van der Waals surface area contributed by atoms with Crippen molar-refractivity contribution in [3.63, 3.8) is 0 Å². The van der Waals surface area contributed by atoms with Crippen LogP contribution in [0, 0.1) is 0 Å². The Kier molecular flexibility index (Phi) is 4.43. The second kappa shape index (κ2) is 5.80. The molecule has 3 nitrogen and oxygen atoms in total. The minimum atomic E-state index is -0.865. The number of amides is 1. The Bertz CT molecular complexity index is 518. The molecule has 0 fully saturated rings. The normalized spacial score (nSPS) is 21.8. The average molecular weight is 289 g/mol. The van der Waals surface area contributed by atoms with Gasteiger partial charge < -0.3 is 10.0 Å². The van der Waals surface area contributed by atoms with Crippen LogP contribution in [-0.2, 0) is 16.6 Å². The van der Waals surface area contributed by atoms with Crippen molar-refractivity contribution >= 4 is 5.91 Å². The van der Waals surface area contributed by atoms with Crippen LogP contribution >= 0.6 is 0 Å². The molecule has 1 atom stereocenters. The quantitative estimate of drug-likeness (QED) is 0.926. The highest BCUT2D eigenvalue weighted by Gasteiger charge is 2.41. The van der Waals surface area contributed by atoms with E-state index in [1.165, 1.54) is 5.56 Å². The molecule has 1 unspecified atom stereocenters. The summed E-state index contributed by atoms with van der Waals surface area (Å²) in [5.41, 5.74) is 1.13. The lowest BCUT2D eigenvalue weighted by molar-refractivity contribution is -0.140. The van der Waals surface area contributed by atoms with Crippen molar-refractivity contribution in [3.05, 3.63) is 35.4 Å². The molecule has 0 saturated heterocycles. The lowest BCUT2D eigenvalue weighted by Crippen LogP contribution is -2.51. The first kappa shape index (κ1) is 16.0. The molecule has 0 radical (unpaired) electrons. The molecule has 1 aliphatic rings. The van der Waals surface area contributed by atoms with Crippen molar-refractivity contribution in [1.29, 1.82) is 0 Å². The summed E-state index contributed by atoms with van der Waals surface area (Å²) in [7, 11) is 0. The number of fused-ring (bicyclic) bond motifs is 1. The van der Waals surface area contributed by atoms with Crippen LogP contribution in [0.1, 0.15) is 51.7 Å². The maximum atomic E-state index is 13.1. The third kappa shape index (κ3) is 3.29. The number of carbonyl (C=O) groups is 1. The fraction of sp³-hybridized carbons (Fsp3) is 0.611. The molecule has 1 aromatic rings. The highest BCUT2D eigenvalue weighted by molar-refractivity contribution is 5.88. The Hall–Kier alpha value is -1.35. The second-order valence-electron chi connectivity index (χ2n) is 6.97. The fourth-order valence-corrected chi connectivity index (χ4v) is 3.41. The molecule has 0 heterocycles. The molecule has 2 rings (SSSR count). The van der Waals surface area contributed by atoms with Gasteiger partial charge in [0.2, 0.25) is 5.91 Å². The minimum absolute atomic E-state index is 0.138. The summed E-state index contributed by atoms with van der Waals surface area (Å²) in [5, 5.41) is 10.1. The van der Waals surface area contributed by atoms with Crippen LogP contribution in [0.4, 0.5) is 0 Å². The van der Waals surface area contributed by atoms with E-state index in [-0.39, 0.29) is 5.91 Å². The van der Waals surface area contributed by atoms with Crippen molar-refractivity contribution in [2.45, 2.75) is 58.0 Å². The zero-order chi connectivity index (χ0) is 15.7. The molecule has 1 amide bonds. The number of aliphatic hydroxyl groups is 1. The van der Waals surface area contributed by atoms with Gasteiger partial charge in [-0.2, -0.15) is 0 Å². The largest absolute Gasteiger partial charge is 0.389 e. The van der Waals surface area contributed by atoms with Gasteiger partial charge in [-0.1, -0.05) is 24.3 Å². The summed E-state index contributed by atoms with van der Waals surface area (Å²) in [6.45, 7) is 8.53. The monoisotopic (exact) mass is 289 g/mol. The Balaban J connectivity index is 2.33. The molecular weight excluding hydrogens is 262 g/mol. The van der Waals surface area contributed by atoms with Gasteiger partial charge in [-0.25, -0.2) is 0 Å². The number of hydrogen-bond acceptors (Lipinski definition) is 2. The summed E-state index contributed by atoms with van der Waals surface area (Å²) in [6.07, 6.45) is 2.97. The van der Waals surface area contributed by atoms with Crippen LogP contribution in [0.5, 0.6) is 0 Å². The molecule has 0 bridgehead atoms. The van der Waals surface area contributed by atoms with E-state index in [2.05, 4.69) is 19.1 Å². The molecule has 0 spiro atoms. The second-order valence-corrected chi connectivity index (χ2v) is 6.97. The van der Waals surface area contributed by atoms with Crippen LogP contribution in [-0.4, -0.2) is 34.6 Å². The number of carbonyl (C=O) groups excluding carboxylic acids is 1. The summed E-state index contributed by atoms with van der Waals surface area (Å²) < 4.78 is 0. The zero-order valence-corrected chi connectivity index (χ0v) is 13.6. The third-order valence-corrected chi connectivity index (χ3v) is 4.45. The Morgan fingerprint density at radius 3 is 2.67 bits per heavy atom. The van der Waals surface area contributed by atoms with Gasteiger partial charge in [-0.15, -0.1) is 0 Å². The third-order valence-electron chi connectivity index (χ3n) is 4.45. The SMILES string of the molecule is CCN(CC(C)(C)O)C(=O)C1(C)CCCc2ccccc21. The molecule has 0 aliphatic heterocycles. The van der Waals surface area contributed by atoms with E-state index >= 15 is 0 Å². The fourth-order valence-electron chi connectivity index (χ4n) is 3.41. The highest BCUT2D eigenvalue weighted by Crippen LogP contribution is 2.38. The number of hydrogen-bond donors (Lipinski definition) is 1. The van der Waals surface area contributed by atoms with Gasteiger partial charge in [0.25, 0.3) is 0 Å². The van der Waals surface area contributed by atoms with Gasteiger partial charge in [0.15, 0.2) is 0 Å². The van der Waals surface area contributed by atoms with Gasteiger partial charge in [-0.05, 0) is 58.1 Å². The lowest BCUT2D eigenvalue weighted by Gasteiger charge is -2.40. The summed E-state index contributed by atoms with van der Waals surface area (Å²) in [5.74, 6) is 0.138. The first-order valence-electron chi connectivity index (χ1n) is 7.88. The predicted molar refractivity (Wildman–Crippen MR) is 85.3 cm³/mol.